The molecule has 0 N–H and O–H groups in total. The molecule has 1 heterocycles. The number of aldehydes is 1. The summed E-state index contributed by atoms with van der Waals surface area (Å²) in [4.78, 5) is 24.5. The molecule has 3 rings (SSSR count). The number of carbonyl (C=O) groups is 2. The summed E-state index contributed by atoms with van der Waals surface area (Å²) >= 11 is 12.4. The number of aryl methyl sites for hydroxylation is 1. The number of hydrogen-bond acceptors (Lipinski definition) is 5. The van der Waals surface area contributed by atoms with Gasteiger partial charge in [-0.15, -0.1) is 0 Å². The number of nitrogens with zero attached hydrogens (tertiary/aromatic N) is 2. The molecule has 2 aromatic carbocycles. The van der Waals surface area contributed by atoms with Gasteiger partial charge in [0, 0.05) is 39.5 Å². The maximum absolute atomic E-state index is 12.6. The van der Waals surface area contributed by atoms with Crippen molar-refractivity contribution in [3.05, 3.63) is 63.3 Å². The second kappa shape index (κ2) is 10.3. The number of ether oxygens (including phenoxy) is 2. The van der Waals surface area contributed by atoms with Crippen molar-refractivity contribution in [1.82, 2.24) is 4.57 Å². The zero-order valence-electron chi connectivity index (χ0n) is 16.9. The third-order valence-corrected chi connectivity index (χ3v) is 5.48. The molecule has 0 aliphatic carbocycles. The van der Waals surface area contributed by atoms with Crippen LogP contribution in [0, 0.1) is 11.3 Å². The van der Waals surface area contributed by atoms with Crippen molar-refractivity contribution in [2.24, 2.45) is 0 Å². The number of fused-ring (bicyclic) bond motifs is 1. The predicted molar refractivity (Wildman–Crippen MR) is 119 cm³/mol. The zero-order chi connectivity index (χ0) is 22.4. The monoisotopic (exact) mass is 458 g/mol. The normalized spacial score (nSPS) is 10.6. The van der Waals surface area contributed by atoms with Crippen molar-refractivity contribution in [2.75, 3.05) is 6.61 Å². The second-order valence-corrected chi connectivity index (χ2v) is 7.50. The van der Waals surface area contributed by atoms with Gasteiger partial charge in [0.15, 0.2) is 6.29 Å². The zero-order valence-corrected chi connectivity index (χ0v) is 18.4. The largest absolute Gasteiger partial charge is 0.489 e. The lowest BCUT2D eigenvalue weighted by atomic mass is 10.1. The highest BCUT2D eigenvalue weighted by Crippen LogP contribution is 2.31. The lowest BCUT2D eigenvalue weighted by Gasteiger charge is -2.11. The van der Waals surface area contributed by atoms with E-state index in [-0.39, 0.29) is 24.5 Å². The van der Waals surface area contributed by atoms with Crippen molar-refractivity contribution >= 4 is 46.4 Å². The van der Waals surface area contributed by atoms with E-state index in [0.29, 0.717) is 57.9 Å². The Bertz CT molecular complexity index is 1140. The Kier molecular flexibility index (Phi) is 7.56. The fourth-order valence-corrected chi connectivity index (χ4v) is 3.87. The van der Waals surface area contributed by atoms with Gasteiger partial charge < -0.3 is 14.0 Å². The SMILES string of the molecule is CCOC(=O)c1c(C=O)c2cc(OCc3c(Cl)cccc3Cl)ccc2n1CCCC#N. The third kappa shape index (κ3) is 4.84. The highest BCUT2D eigenvalue weighted by atomic mass is 35.5. The molecule has 0 fully saturated rings. The molecule has 1 aromatic heterocycles. The summed E-state index contributed by atoms with van der Waals surface area (Å²) in [5.41, 5.74) is 1.75. The van der Waals surface area contributed by atoms with Crippen molar-refractivity contribution in [1.29, 1.82) is 5.26 Å². The molecule has 0 radical (unpaired) electrons. The van der Waals surface area contributed by atoms with Gasteiger partial charge in [-0.3, -0.25) is 4.79 Å². The van der Waals surface area contributed by atoms with Crippen molar-refractivity contribution < 1.29 is 19.1 Å². The average Bonchev–Trinajstić information content (AvgIpc) is 3.06. The van der Waals surface area contributed by atoms with Crippen LogP contribution in [-0.2, 0) is 17.9 Å². The summed E-state index contributed by atoms with van der Waals surface area (Å²) in [6.07, 6.45) is 1.51. The first-order valence-corrected chi connectivity index (χ1v) is 10.5. The van der Waals surface area contributed by atoms with Gasteiger partial charge in [-0.25, -0.2) is 4.79 Å². The molecule has 31 heavy (non-hydrogen) atoms. The van der Waals surface area contributed by atoms with Crippen LogP contribution in [0.5, 0.6) is 5.75 Å². The number of hydrogen-bond donors (Lipinski definition) is 0. The summed E-state index contributed by atoms with van der Waals surface area (Å²) in [5, 5.41) is 10.4. The Morgan fingerprint density at radius 1 is 1.23 bits per heavy atom. The first-order chi connectivity index (χ1) is 15.0. The molecule has 0 saturated heterocycles. The smallest absolute Gasteiger partial charge is 0.355 e. The predicted octanol–water partition coefficient (Wildman–Crippen LogP) is 5.82. The Balaban J connectivity index is 2.01. The molecule has 0 aliphatic heterocycles. The van der Waals surface area contributed by atoms with Gasteiger partial charge in [0.05, 0.1) is 18.2 Å². The van der Waals surface area contributed by atoms with Gasteiger partial charge in [-0.2, -0.15) is 5.26 Å². The Labute approximate surface area is 189 Å². The van der Waals surface area contributed by atoms with Crippen molar-refractivity contribution in [3.63, 3.8) is 0 Å². The molecule has 0 amide bonds. The van der Waals surface area contributed by atoms with Crippen LogP contribution in [0.1, 0.15) is 46.2 Å². The number of esters is 1. The van der Waals surface area contributed by atoms with E-state index in [4.69, 9.17) is 37.9 Å². The van der Waals surface area contributed by atoms with Crippen molar-refractivity contribution in [3.8, 4) is 11.8 Å². The summed E-state index contributed by atoms with van der Waals surface area (Å²) in [6.45, 7) is 2.44. The van der Waals surface area contributed by atoms with Crippen LogP contribution in [0.3, 0.4) is 0 Å². The third-order valence-electron chi connectivity index (χ3n) is 4.78. The van der Waals surface area contributed by atoms with E-state index in [1.54, 1.807) is 47.9 Å². The number of carbonyl (C=O) groups excluding carboxylic acids is 2. The van der Waals surface area contributed by atoms with Crippen LogP contribution in [0.2, 0.25) is 10.0 Å². The van der Waals surface area contributed by atoms with Crippen LogP contribution >= 0.6 is 23.2 Å². The number of nitriles is 1. The summed E-state index contributed by atoms with van der Waals surface area (Å²) < 4.78 is 12.8. The average molecular weight is 459 g/mol. The topological polar surface area (TPSA) is 81.3 Å². The quantitative estimate of drug-likeness (QED) is 0.229. The number of rotatable bonds is 9. The van der Waals surface area contributed by atoms with E-state index < -0.39 is 5.97 Å². The molecule has 0 saturated carbocycles. The molecule has 0 bridgehead atoms. The molecule has 0 atom stereocenters. The van der Waals surface area contributed by atoms with E-state index in [9.17, 15) is 9.59 Å². The molecule has 8 heteroatoms. The molecule has 3 aromatic rings. The lowest BCUT2D eigenvalue weighted by Crippen LogP contribution is -2.14. The minimum absolute atomic E-state index is 0.147. The Hall–Kier alpha value is -3.01. The summed E-state index contributed by atoms with van der Waals surface area (Å²) in [6, 6.07) is 12.5. The molecule has 160 valence electrons. The fraction of sp³-hybridized carbons (Fsp3) is 0.261. The maximum atomic E-state index is 12.6. The van der Waals surface area contributed by atoms with Gasteiger partial charge in [0.1, 0.15) is 18.1 Å². The standard InChI is InChI=1S/C23H20Cl2N2O4/c1-2-30-23(29)22-17(13-28)16-12-15(8-9-21(16)27(22)11-4-3-10-26)31-14-18-19(24)6-5-7-20(18)25/h5-9,12-13H,2-4,11,14H2,1H3. The van der Waals surface area contributed by atoms with Crippen molar-refractivity contribution in [2.45, 2.75) is 32.9 Å². The number of unbranched alkanes of at least 4 members (excludes halogenated alkanes) is 1. The maximum Gasteiger partial charge on any atom is 0.355 e. The molecule has 0 unspecified atom stereocenters. The molecular weight excluding hydrogens is 439 g/mol. The number of aromatic nitrogens is 1. The minimum atomic E-state index is -0.580. The first-order valence-electron chi connectivity index (χ1n) is 9.73. The van der Waals surface area contributed by atoms with E-state index >= 15 is 0 Å². The molecule has 0 spiro atoms. The summed E-state index contributed by atoms with van der Waals surface area (Å²) in [5.74, 6) is -0.0840. The van der Waals surface area contributed by atoms with Crippen LogP contribution in [0.25, 0.3) is 10.9 Å². The van der Waals surface area contributed by atoms with Gasteiger partial charge >= 0.3 is 5.97 Å². The van der Waals surface area contributed by atoms with Crippen LogP contribution in [0.4, 0.5) is 0 Å². The lowest BCUT2D eigenvalue weighted by molar-refractivity contribution is 0.0512. The van der Waals surface area contributed by atoms with Gasteiger partial charge in [0.25, 0.3) is 0 Å². The Morgan fingerprint density at radius 3 is 2.61 bits per heavy atom. The van der Waals surface area contributed by atoms with Crippen LogP contribution in [-0.4, -0.2) is 23.4 Å². The van der Waals surface area contributed by atoms with Gasteiger partial charge in [0.2, 0.25) is 0 Å². The van der Waals surface area contributed by atoms with Crippen LogP contribution < -0.4 is 4.74 Å². The highest BCUT2D eigenvalue weighted by molar-refractivity contribution is 6.35. The highest BCUT2D eigenvalue weighted by Gasteiger charge is 2.24. The Morgan fingerprint density at radius 2 is 1.97 bits per heavy atom. The number of benzene rings is 2. The molecular formula is C23H20Cl2N2O4. The van der Waals surface area contributed by atoms with E-state index in [1.807, 2.05) is 0 Å². The molecule has 0 aliphatic rings. The van der Waals surface area contributed by atoms with E-state index in [1.165, 1.54) is 0 Å². The van der Waals surface area contributed by atoms with Gasteiger partial charge in [-0.05, 0) is 43.7 Å². The second-order valence-electron chi connectivity index (χ2n) is 6.68. The van der Waals surface area contributed by atoms with Gasteiger partial charge in [-0.1, -0.05) is 29.3 Å². The first kappa shape index (κ1) is 22.7. The van der Waals surface area contributed by atoms with Crippen LogP contribution in [0.15, 0.2) is 36.4 Å². The van der Waals surface area contributed by atoms with E-state index in [0.717, 1.165) is 0 Å². The fourth-order valence-electron chi connectivity index (χ4n) is 3.36. The summed E-state index contributed by atoms with van der Waals surface area (Å²) in [7, 11) is 0. The molecule has 6 nitrogen and oxygen atoms in total. The van der Waals surface area contributed by atoms with E-state index in [2.05, 4.69) is 6.07 Å². The minimum Gasteiger partial charge on any atom is -0.489 e. The number of halogens is 2.